The third-order valence-electron chi connectivity index (χ3n) is 3.28. The number of ether oxygens (including phenoxy) is 2. The van der Waals surface area contributed by atoms with Gasteiger partial charge in [-0.05, 0) is 18.6 Å². The maximum absolute atomic E-state index is 5.29. The molecule has 0 atom stereocenters. The molecule has 0 aliphatic heterocycles. The number of hydrogen-bond donors (Lipinski definition) is 2. The largest absolute Gasteiger partial charge is 0.493 e. The molecule has 7 nitrogen and oxygen atoms in total. The van der Waals surface area contributed by atoms with Crippen LogP contribution in [0.15, 0.2) is 24.4 Å². The van der Waals surface area contributed by atoms with Gasteiger partial charge in [0.15, 0.2) is 17.3 Å². The zero-order valence-corrected chi connectivity index (χ0v) is 13.8. The second-order valence-electron chi connectivity index (χ2n) is 4.99. The van der Waals surface area contributed by atoms with E-state index in [1.165, 1.54) is 12.8 Å². The van der Waals surface area contributed by atoms with Gasteiger partial charge in [-0.1, -0.05) is 19.8 Å². The quantitative estimate of drug-likeness (QED) is 0.687. The lowest BCUT2D eigenvalue weighted by Gasteiger charge is -2.11. The van der Waals surface area contributed by atoms with E-state index in [2.05, 4.69) is 32.7 Å². The number of hydrogen-bond acceptors (Lipinski definition) is 7. The summed E-state index contributed by atoms with van der Waals surface area (Å²) in [6, 6.07) is 5.56. The van der Waals surface area contributed by atoms with E-state index in [-0.39, 0.29) is 0 Å². The predicted octanol–water partition coefficient (Wildman–Crippen LogP) is 3.23. The van der Waals surface area contributed by atoms with E-state index in [4.69, 9.17) is 9.47 Å². The van der Waals surface area contributed by atoms with Crippen LogP contribution in [0, 0.1) is 0 Å². The molecule has 1 heterocycles. The molecule has 2 N–H and O–H groups in total. The Labute approximate surface area is 136 Å². The Morgan fingerprint density at radius 3 is 2.65 bits per heavy atom. The molecular formula is C16H23N5O2. The molecule has 0 fully saturated rings. The molecule has 1 aromatic carbocycles. The molecule has 124 valence electrons. The van der Waals surface area contributed by atoms with Gasteiger partial charge in [-0.25, -0.2) is 0 Å². The van der Waals surface area contributed by atoms with Crippen LogP contribution < -0.4 is 20.1 Å². The van der Waals surface area contributed by atoms with Gasteiger partial charge in [0.2, 0.25) is 5.95 Å². The zero-order valence-electron chi connectivity index (χ0n) is 13.8. The fraction of sp³-hybridized carbons (Fsp3) is 0.438. The summed E-state index contributed by atoms with van der Waals surface area (Å²) in [6.45, 7) is 3.01. The Hall–Kier alpha value is -2.57. The van der Waals surface area contributed by atoms with Crippen LogP contribution in [0.1, 0.15) is 26.2 Å². The van der Waals surface area contributed by atoms with Crippen molar-refractivity contribution in [1.82, 2.24) is 15.2 Å². The standard InChI is InChI=1S/C16H23N5O2/c1-4-5-6-9-17-16-20-15(11-18-21-16)19-12-7-8-13(22-2)14(10-12)23-3/h7-8,10-11H,4-6,9H2,1-3H3,(H2,17,19,20,21). The van der Waals surface area contributed by atoms with E-state index in [0.29, 0.717) is 23.3 Å². The van der Waals surface area contributed by atoms with Crippen molar-refractivity contribution in [2.24, 2.45) is 0 Å². The maximum Gasteiger partial charge on any atom is 0.244 e. The van der Waals surface area contributed by atoms with Crippen molar-refractivity contribution in [3.63, 3.8) is 0 Å². The van der Waals surface area contributed by atoms with Gasteiger partial charge in [-0.2, -0.15) is 10.1 Å². The Kier molecular flexibility index (Phi) is 6.40. The number of methoxy groups -OCH3 is 2. The minimum absolute atomic E-state index is 0.520. The van der Waals surface area contributed by atoms with Crippen molar-refractivity contribution in [1.29, 1.82) is 0 Å². The van der Waals surface area contributed by atoms with E-state index in [9.17, 15) is 0 Å². The Morgan fingerprint density at radius 2 is 1.91 bits per heavy atom. The van der Waals surface area contributed by atoms with Crippen molar-refractivity contribution in [3.8, 4) is 11.5 Å². The predicted molar refractivity (Wildman–Crippen MR) is 90.7 cm³/mol. The van der Waals surface area contributed by atoms with E-state index >= 15 is 0 Å². The lowest BCUT2D eigenvalue weighted by Crippen LogP contribution is -2.07. The number of nitrogens with one attached hydrogen (secondary N) is 2. The highest BCUT2D eigenvalue weighted by atomic mass is 16.5. The monoisotopic (exact) mass is 317 g/mol. The molecule has 0 aliphatic rings. The number of anilines is 3. The fourth-order valence-electron chi connectivity index (χ4n) is 2.08. The molecule has 2 rings (SSSR count). The van der Waals surface area contributed by atoms with Crippen LogP contribution >= 0.6 is 0 Å². The molecule has 0 amide bonds. The van der Waals surface area contributed by atoms with Crippen molar-refractivity contribution in [3.05, 3.63) is 24.4 Å². The molecule has 0 saturated carbocycles. The van der Waals surface area contributed by atoms with Crippen molar-refractivity contribution < 1.29 is 9.47 Å². The molecule has 0 saturated heterocycles. The van der Waals surface area contributed by atoms with Crippen molar-refractivity contribution in [2.45, 2.75) is 26.2 Å². The van der Waals surface area contributed by atoms with E-state index in [1.54, 1.807) is 20.4 Å². The summed E-state index contributed by atoms with van der Waals surface area (Å²) >= 11 is 0. The smallest absolute Gasteiger partial charge is 0.244 e. The molecule has 2 aromatic rings. The maximum atomic E-state index is 5.29. The topological polar surface area (TPSA) is 81.2 Å². The highest BCUT2D eigenvalue weighted by Gasteiger charge is 2.06. The highest BCUT2D eigenvalue weighted by Crippen LogP contribution is 2.30. The molecule has 0 unspecified atom stereocenters. The summed E-state index contributed by atoms with van der Waals surface area (Å²) in [5, 5.41) is 14.3. The summed E-state index contributed by atoms with van der Waals surface area (Å²) < 4.78 is 10.5. The number of nitrogens with zero attached hydrogens (tertiary/aromatic N) is 3. The summed E-state index contributed by atoms with van der Waals surface area (Å²) in [7, 11) is 3.21. The second kappa shape index (κ2) is 8.77. The van der Waals surface area contributed by atoms with Gasteiger partial charge in [0.1, 0.15) is 0 Å². The Balaban J connectivity index is 2.02. The van der Waals surface area contributed by atoms with Gasteiger partial charge < -0.3 is 20.1 Å². The number of benzene rings is 1. The third-order valence-corrected chi connectivity index (χ3v) is 3.28. The number of unbranched alkanes of at least 4 members (excludes halogenated alkanes) is 2. The lowest BCUT2D eigenvalue weighted by molar-refractivity contribution is 0.355. The molecule has 0 bridgehead atoms. The van der Waals surface area contributed by atoms with Crippen molar-refractivity contribution in [2.75, 3.05) is 31.4 Å². The summed E-state index contributed by atoms with van der Waals surface area (Å²) in [4.78, 5) is 4.40. The first-order valence-corrected chi connectivity index (χ1v) is 7.69. The first kappa shape index (κ1) is 16.8. The van der Waals surface area contributed by atoms with E-state index in [0.717, 1.165) is 18.7 Å². The van der Waals surface area contributed by atoms with E-state index < -0.39 is 0 Å². The fourth-order valence-corrected chi connectivity index (χ4v) is 2.08. The van der Waals surface area contributed by atoms with Crippen LogP contribution in [-0.2, 0) is 0 Å². The lowest BCUT2D eigenvalue weighted by atomic mass is 10.2. The highest BCUT2D eigenvalue weighted by molar-refractivity contribution is 5.61. The van der Waals surface area contributed by atoms with Gasteiger partial charge in [-0.3, -0.25) is 0 Å². The molecule has 0 aliphatic carbocycles. The molecule has 0 radical (unpaired) electrons. The first-order chi connectivity index (χ1) is 11.3. The van der Waals surface area contributed by atoms with Crippen LogP contribution in [0.3, 0.4) is 0 Å². The minimum atomic E-state index is 0.520. The van der Waals surface area contributed by atoms with Crippen LogP contribution in [-0.4, -0.2) is 35.9 Å². The molecule has 0 spiro atoms. The molecular weight excluding hydrogens is 294 g/mol. The van der Waals surface area contributed by atoms with E-state index in [1.807, 2.05) is 18.2 Å². The van der Waals surface area contributed by atoms with Gasteiger partial charge in [0, 0.05) is 18.3 Å². The van der Waals surface area contributed by atoms with Crippen LogP contribution in [0.4, 0.5) is 17.5 Å². The summed E-state index contributed by atoms with van der Waals surface area (Å²) in [6.07, 6.45) is 5.03. The molecule has 1 aromatic heterocycles. The average Bonchev–Trinajstić information content (AvgIpc) is 2.59. The number of aromatic nitrogens is 3. The molecule has 7 heteroatoms. The van der Waals surface area contributed by atoms with Gasteiger partial charge >= 0.3 is 0 Å². The Bertz CT molecular complexity index is 621. The average molecular weight is 317 g/mol. The van der Waals surface area contributed by atoms with Crippen LogP contribution in [0.2, 0.25) is 0 Å². The van der Waals surface area contributed by atoms with Gasteiger partial charge in [-0.15, -0.1) is 5.10 Å². The first-order valence-electron chi connectivity index (χ1n) is 7.69. The van der Waals surface area contributed by atoms with Gasteiger partial charge in [0.05, 0.1) is 20.4 Å². The van der Waals surface area contributed by atoms with Crippen LogP contribution in [0.5, 0.6) is 11.5 Å². The Morgan fingerprint density at radius 1 is 1.09 bits per heavy atom. The normalized spacial score (nSPS) is 10.2. The zero-order chi connectivity index (χ0) is 16.5. The number of rotatable bonds is 9. The third kappa shape index (κ3) is 4.98. The minimum Gasteiger partial charge on any atom is -0.493 e. The van der Waals surface area contributed by atoms with Gasteiger partial charge in [0.25, 0.3) is 0 Å². The summed E-state index contributed by atoms with van der Waals surface area (Å²) in [5.74, 6) is 2.46. The second-order valence-corrected chi connectivity index (χ2v) is 4.99. The summed E-state index contributed by atoms with van der Waals surface area (Å²) in [5.41, 5.74) is 0.833. The van der Waals surface area contributed by atoms with Crippen molar-refractivity contribution >= 4 is 17.5 Å². The SMILES string of the molecule is CCCCCNc1nncc(Nc2ccc(OC)c(OC)c2)n1. The van der Waals surface area contributed by atoms with Crippen LogP contribution in [0.25, 0.3) is 0 Å². The molecule has 23 heavy (non-hydrogen) atoms.